The van der Waals surface area contributed by atoms with E-state index in [4.69, 9.17) is 11.6 Å². The predicted octanol–water partition coefficient (Wildman–Crippen LogP) is 2.85. The molecule has 6 heteroatoms. The lowest BCUT2D eigenvalue weighted by molar-refractivity contribution is -0.109. The van der Waals surface area contributed by atoms with Gasteiger partial charge in [0.05, 0.1) is 6.04 Å². The van der Waals surface area contributed by atoms with Crippen LogP contribution in [-0.2, 0) is 4.79 Å². The molecule has 25 heavy (non-hydrogen) atoms. The minimum Gasteiger partial charge on any atom is -0.370 e. The highest BCUT2D eigenvalue weighted by atomic mass is 35.5. The predicted molar refractivity (Wildman–Crippen MR) is 97.4 cm³/mol. The Morgan fingerprint density at radius 1 is 1.24 bits per heavy atom. The molecular formula is C19H17ClN2O3. The maximum absolute atomic E-state index is 12.3. The fraction of sp³-hybridized carbons (Fsp3) is 0.158. The summed E-state index contributed by atoms with van der Waals surface area (Å²) in [6.45, 7) is 0. The number of aldehydes is 1. The second kappa shape index (κ2) is 7.51. The number of benzene rings is 2. The Balaban J connectivity index is 1.75. The summed E-state index contributed by atoms with van der Waals surface area (Å²) in [4.78, 5) is 23.7. The molecule has 1 amide bonds. The van der Waals surface area contributed by atoms with E-state index in [2.05, 4.69) is 10.6 Å². The lowest BCUT2D eigenvalue weighted by Gasteiger charge is -2.25. The van der Waals surface area contributed by atoms with Crippen molar-refractivity contribution >= 4 is 35.1 Å². The maximum atomic E-state index is 12.3. The molecule has 2 unspecified atom stereocenters. The molecule has 1 heterocycles. The number of para-hydroxylation sites is 1. The number of halogens is 1. The van der Waals surface area contributed by atoms with Gasteiger partial charge in [-0.3, -0.25) is 4.79 Å². The second-order valence-electron chi connectivity index (χ2n) is 5.75. The molecule has 0 fully saturated rings. The number of aliphatic hydroxyl groups excluding tert-OH is 1. The third-order valence-electron chi connectivity index (χ3n) is 3.96. The van der Waals surface area contributed by atoms with Crippen LogP contribution < -0.4 is 10.6 Å². The van der Waals surface area contributed by atoms with Gasteiger partial charge in [0.2, 0.25) is 0 Å². The molecule has 0 radical (unpaired) electrons. The van der Waals surface area contributed by atoms with Gasteiger partial charge in [-0.15, -0.1) is 0 Å². The molecule has 1 aliphatic rings. The quantitative estimate of drug-likeness (QED) is 0.720. The van der Waals surface area contributed by atoms with Gasteiger partial charge in [0, 0.05) is 21.8 Å². The minimum atomic E-state index is -0.829. The normalized spacial score (nSPS) is 16.9. The number of rotatable bonds is 5. The van der Waals surface area contributed by atoms with Crippen molar-refractivity contribution in [1.29, 1.82) is 0 Å². The first kappa shape index (κ1) is 17.2. The summed E-state index contributed by atoms with van der Waals surface area (Å²) in [5, 5.41) is 16.1. The molecule has 0 bridgehead atoms. The summed E-state index contributed by atoms with van der Waals surface area (Å²) < 4.78 is 0. The number of aliphatic hydroxyl groups is 1. The smallest absolute Gasteiger partial charge is 0.251 e. The Labute approximate surface area is 150 Å². The van der Waals surface area contributed by atoms with Crippen molar-refractivity contribution in [2.24, 2.45) is 0 Å². The summed E-state index contributed by atoms with van der Waals surface area (Å²) in [6, 6.07) is 13.2. The van der Waals surface area contributed by atoms with Gasteiger partial charge in [-0.25, -0.2) is 0 Å². The molecule has 0 saturated carbocycles. The van der Waals surface area contributed by atoms with E-state index in [1.54, 1.807) is 30.3 Å². The van der Waals surface area contributed by atoms with E-state index in [-0.39, 0.29) is 5.91 Å². The average molecular weight is 357 g/mol. The van der Waals surface area contributed by atoms with Crippen molar-refractivity contribution in [3.05, 3.63) is 70.8 Å². The number of anilines is 1. The molecular weight excluding hydrogens is 340 g/mol. The Morgan fingerprint density at radius 3 is 2.68 bits per heavy atom. The first-order valence-corrected chi connectivity index (χ1v) is 8.21. The van der Waals surface area contributed by atoms with Crippen LogP contribution in [0.2, 0.25) is 5.02 Å². The number of carbonyl (C=O) groups excluding carboxylic acids is 2. The highest BCUT2D eigenvalue weighted by molar-refractivity contribution is 6.30. The fourth-order valence-corrected chi connectivity index (χ4v) is 2.90. The standard InChI is InChI=1S/C19H17ClN2O3/c20-14-7-5-12(6-8-14)19(25)21-15(11-23)9-13-10-18(24)22-17-4-2-1-3-16(13)17/h1-8,10-11,15,18,22,24H,9H2,(H,21,25). The van der Waals surface area contributed by atoms with Gasteiger partial charge in [0.15, 0.2) is 0 Å². The molecule has 2 aromatic carbocycles. The second-order valence-corrected chi connectivity index (χ2v) is 6.19. The zero-order valence-electron chi connectivity index (χ0n) is 13.3. The monoisotopic (exact) mass is 356 g/mol. The lowest BCUT2D eigenvalue weighted by Crippen LogP contribution is -2.36. The highest BCUT2D eigenvalue weighted by Crippen LogP contribution is 2.31. The van der Waals surface area contributed by atoms with Gasteiger partial charge in [-0.05, 0) is 48.4 Å². The van der Waals surface area contributed by atoms with Crippen LogP contribution in [0.3, 0.4) is 0 Å². The largest absolute Gasteiger partial charge is 0.370 e. The lowest BCUT2D eigenvalue weighted by atomic mass is 9.94. The number of hydrogen-bond acceptors (Lipinski definition) is 4. The van der Waals surface area contributed by atoms with Gasteiger partial charge in [0.25, 0.3) is 5.91 Å². The third-order valence-corrected chi connectivity index (χ3v) is 4.21. The molecule has 5 nitrogen and oxygen atoms in total. The van der Waals surface area contributed by atoms with Crippen LogP contribution in [0.1, 0.15) is 22.3 Å². The molecule has 0 aliphatic carbocycles. The molecule has 2 atom stereocenters. The summed E-state index contributed by atoms with van der Waals surface area (Å²) in [7, 11) is 0. The first-order chi connectivity index (χ1) is 12.1. The third kappa shape index (κ3) is 4.07. The summed E-state index contributed by atoms with van der Waals surface area (Å²) in [6.07, 6.45) is 1.81. The maximum Gasteiger partial charge on any atom is 0.251 e. The molecule has 3 N–H and O–H groups in total. The van der Waals surface area contributed by atoms with Crippen molar-refractivity contribution in [2.75, 3.05) is 5.32 Å². The summed E-state index contributed by atoms with van der Waals surface area (Å²) in [5.41, 5.74) is 2.92. The van der Waals surface area contributed by atoms with Crippen LogP contribution in [0.15, 0.2) is 54.6 Å². The van der Waals surface area contributed by atoms with E-state index in [9.17, 15) is 14.7 Å². The van der Waals surface area contributed by atoms with Gasteiger partial charge in [-0.2, -0.15) is 0 Å². The van der Waals surface area contributed by atoms with Crippen LogP contribution in [0.4, 0.5) is 5.69 Å². The zero-order chi connectivity index (χ0) is 17.8. The van der Waals surface area contributed by atoms with E-state index in [0.29, 0.717) is 23.3 Å². The van der Waals surface area contributed by atoms with Gasteiger partial charge < -0.3 is 20.5 Å². The van der Waals surface area contributed by atoms with Crippen molar-refractivity contribution in [3.63, 3.8) is 0 Å². The molecule has 128 valence electrons. The molecule has 0 spiro atoms. The molecule has 2 aromatic rings. The van der Waals surface area contributed by atoms with E-state index in [1.807, 2.05) is 24.3 Å². The Morgan fingerprint density at radius 2 is 1.96 bits per heavy atom. The molecule has 0 saturated heterocycles. The SMILES string of the molecule is O=CC(CC1=CC(O)Nc2ccccc21)NC(=O)c1ccc(Cl)cc1. The van der Waals surface area contributed by atoms with Gasteiger partial charge in [0.1, 0.15) is 12.5 Å². The fourth-order valence-electron chi connectivity index (χ4n) is 2.77. The Kier molecular flexibility index (Phi) is 5.16. The minimum absolute atomic E-state index is 0.290. The molecule has 0 aromatic heterocycles. The summed E-state index contributed by atoms with van der Waals surface area (Å²) in [5.74, 6) is -0.350. The highest BCUT2D eigenvalue weighted by Gasteiger charge is 2.21. The van der Waals surface area contributed by atoms with Crippen LogP contribution in [0.25, 0.3) is 5.57 Å². The van der Waals surface area contributed by atoms with Crippen LogP contribution >= 0.6 is 11.6 Å². The topological polar surface area (TPSA) is 78.4 Å². The average Bonchev–Trinajstić information content (AvgIpc) is 2.61. The number of nitrogens with one attached hydrogen (secondary N) is 2. The molecule has 3 rings (SSSR count). The van der Waals surface area contributed by atoms with Crippen molar-refractivity contribution in [1.82, 2.24) is 5.32 Å². The van der Waals surface area contributed by atoms with E-state index in [0.717, 1.165) is 16.8 Å². The Hall–Kier alpha value is -2.63. The number of fused-ring (bicyclic) bond motifs is 1. The number of amides is 1. The number of carbonyl (C=O) groups is 2. The van der Waals surface area contributed by atoms with E-state index in [1.165, 1.54) is 0 Å². The van der Waals surface area contributed by atoms with Crippen molar-refractivity contribution in [3.8, 4) is 0 Å². The van der Waals surface area contributed by atoms with Crippen LogP contribution in [0, 0.1) is 0 Å². The van der Waals surface area contributed by atoms with Crippen LogP contribution in [0.5, 0.6) is 0 Å². The molecule has 1 aliphatic heterocycles. The van der Waals surface area contributed by atoms with Gasteiger partial charge >= 0.3 is 0 Å². The van der Waals surface area contributed by atoms with Gasteiger partial charge in [-0.1, -0.05) is 29.8 Å². The van der Waals surface area contributed by atoms with E-state index >= 15 is 0 Å². The zero-order valence-corrected chi connectivity index (χ0v) is 14.0. The van der Waals surface area contributed by atoms with Crippen molar-refractivity contribution < 1.29 is 14.7 Å². The van der Waals surface area contributed by atoms with Crippen molar-refractivity contribution in [2.45, 2.75) is 18.7 Å². The summed E-state index contributed by atoms with van der Waals surface area (Å²) >= 11 is 5.81. The van der Waals surface area contributed by atoms with E-state index < -0.39 is 12.3 Å². The first-order valence-electron chi connectivity index (χ1n) is 7.83. The number of hydrogen-bond donors (Lipinski definition) is 3. The van der Waals surface area contributed by atoms with Crippen LogP contribution in [-0.4, -0.2) is 29.6 Å². The Bertz CT molecular complexity index is 818.